The Morgan fingerprint density at radius 3 is 1.00 bits per heavy atom. The molecular weight excluding hydrogens is 221 g/mol. The summed E-state index contributed by atoms with van der Waals surface area (Å²) in [6, 6.07) is 0. The first-order valence-electron chi connectivity index (χ1n) is 0.963. The van der Waals surface area contributed by atoms with Crippen LogP contribution in [0.25, 0.3) is 0 Å². The average molecular weight is 222 g/mol. The van der Waals surface area contributed by atoms with Gasteiger partial charge in [-0.2, -0.15) is 0 Å². The smallest absolute Gasteiger partial charge is 0.0874 e. The summed E-state index contributed by atoms with van der Waals surface area (Å²) in [6.45, 7) is 0. The first-order chi connectivity index (χ1) is 3.15. The summed E-state index contributed by atoms with van der Waals surface area (Å²) in [6.07, 6.45) is 0. The van der Waals surface area contributed by atoms with Crippen LogP contribution in [0.1, 0.15) is 0 Å². The van der Waals surface area contributed by atoms with Crippen molar-refractivity contribution in [1.29, 1.82) is 0 Å². The number of hydrogen-bond acceptors (Lipinski definition) is 1. The highest BCUT2D eigenvalue weighted by Gasteiger charge is 1.78. The van der Waals surface area contributed by atoms with Crippen molar-refractivity contribution in [2.75, 3.05) is 0 Å². The van der Waals surface area contributed by atoms with Crippen LogP contribution in [0.3, 0.4) is 0 Å². The minimum Gasteiger partial charge on any atom is -0.0874 e. The van der Waals surface area contributed by atoms with Gasteiger partial charge in [-0.1, -0.05) is 34.8 Å². The molecule has 0 aliphatic heterocycles. The van der Waals surface area contributed by atoms with Gasteiger partial charge in [-0.3, -0.25) is 0 Å². The molecule has 0 N–H and O–H groups in total. The van der Waals surface area contributed by atoms with E-state index < -0.39 is 4.30 Å². The Kier molecular flexibility index (Phi) is 17.7. The largest absolute Gasteiger partial charge is 0.180 e. The maximum absolute atomic E-state index is 4.81. The van der Waals surface area contributed by atoms with Gasteiger partial charge in [-0.05, 0) is 21.4 Å². The van der Waals surface area contributed by atoms with E-state index in [9.17, 15) is 0 Å². The van der Waals surface area contributed by atoms with E-state index in [1.807, 2.05) is 0 Å². The Bertz CT molecular complexity index is 19.3. The predicted octanol–water partition coefficient (Wildman–Crippen LogP) is 4.01. The van der Waals surface area contributed by atoms with Crippen molar-refractivity contribution in [3.63, 3.8) is 0 Å². The Hall–Kier alpha value is 1.80. The molecule has 0 atom stereocenters. The Morgan fingerprint density at radius 1 is 1.00 bits per heavy atom. The fourth-order valence-electron chi connectivity index (χ4n) is 0. The van der Waals surface area contributed by atoms with E-state index in [4.69, 9.17) is 34.8 Å². The lowest BCUT2D eigenvalue weighted by Crippen LogP contribution is -1.55. The van der Waals surface area contributed by atoms with Gasteiger partial charge in [0.05, 0.1) is 10.2 Å². The molecule has 0 spiro atoms. The Labute approximate surface area is 70.4 Å². The molecule has 0 aromatic rings. The van der Waals surface area contributed by atoms with Gasteiger partial charge < -0.3 is 0 Å². The molecule has 0 saturated heterocycles. The summed E-state index contributed by atoms with van der Waals surface area (Å²) in [5, 5.41) is 0. The Balaban J connectivity index is 0. The molecule has 0 rings (SSSR count). The standard InChI is InChI=1S/CHCl3.Cl2S/c2-1(3)4;1-3-2/h1H;. The van der Waals surface area contributed by atoms with E-state index in [0.29, 0.717) is 10.2 Å². The third kappa shape index (κ3) is 81.0. The molecule has 0 aromatic heterocycles. The van der Waals surface area contributed by atoms with E-state index in [-0.39, 0.29) is 0 Å². The maximum atomic E-state index is 4.81. The summed E-state index contributed by atoms with van der Waals surface area (Å²) >= 11 is 14.4. The summed E-state index contributed by atoms with van der Waals surface area (Å²) in [7, 11) is 10.1. The van der Waals surface area contributed by atoms with Crippen molar-refractivity contribution in [2.45, 2.75) is 4.30 Å². The van der Waals surface area contributed by atoms with Gasteiger partial charge in [0.1, 0.15) is 0 Å². The van der Waals surface area contributed by atoms with E-state index >= 15 is 0 Å². The molecule has 0 aliphatic carbocycles. The van der Waals surface area contributed by atoms with Crippen molar-refractivity contribution in [3.05, 3.63) is 0 Å². The van der Waals surface area contributed by atoms with Gasteiger partial charge in [0.2, 0.25) is 0 Å². The van der Waals surface area contributed by atoms with Gasteiger partial charge in [0.25, 0.3) is 0 Å². The van der Waals surface area contributed by atoms with Crippen LogP contribution in [0, 0.1) is 0 Å². The van der Waals surface area contributed by atoms with Crippen LogP contribution >= 0.6 is 66.4 Å². The molecule has 6 heteroatoms. The zero-order valence-corrected chi connectivity index (χ0v) is 7.47. The van der Waals surface area contributed by atoms with Crippen molar-refractivity contribution >= 4 is 66.4 Å². The second-order valence-electron chi connectivity index (χ2n) is 0.306. The lowest BCUT2D eigenvalue weighted by atomic mass is 11.9. The van der Waals surface area contributed by atoms with Crippen LogP contribution in [0.2, 0.25) is 0 Å². The molecular formula is CHCl5S. The van der Waals surface area contributed by atoms with Gasteiger partial charge in [0.15, 0.2) is 4.30 Å². The van der Waals surface area contributed by atoms with Crippen molar-refractivity contribution in [2.24, 2.45) is 0 Å². The highest BCUT2D eigenvalue weighted by molar-refractivity contribution is 8.38. The highest BCUT2D eigenvalue weighted by Crippen LogP contribution is 2.08. The predicted molar refractivity (Wildman–Crippen MR) is 40.6 cm³/mol. The topological polar surface area (TPSA) is 0 Å². The zero-order valence-electron chi connectivity index (χ0n) is 2.88. The van der Waals surface area contributed by atoms with Gasteiger partial charge in [0, 0.05) is 0 Å². The third-order valence-corrected chi connectivity index (χ3v) is 0. The van der Waals surface area contributed by atoms with E-state index in [1.54, 1.807) is 0 Å². The molecule has 0 aromatic carbocycles. The van der Waals surface area contributed by atoms with E-state index in [1.165, 1.54) is 0 Å². The normalized spacial score (nSPS) is 7.71. The van der Waals surface area contributed by atoms with Crippen LogP contribution in [-0.4, -0.2) is 4.30 Å². The van der Waals surface area contributed by atoms with Gasteiger partial charge in [-0.15, -0.1) is 0 Å². The first-order valence-corrected chi connectivity index (χ1v) is 4.74. The fourth-order valence-corrected chi connectivity index (χ4v) is 0. The summed E-state index contributed by atoms with van der Waals surface area (Å²) < 4.78 is -0.750. The lowest BCUT2D eigenvalue weighted by Gasteiger charge is -1.69. The molecule has 0 saturated carbocycles. The molecule has 0 heterocycles. The quantitative estimate of drug-likeness (QED) is 0.558. The molecule has 0 nitrogen and oxygen atoms in total. The molecule has 0 amide bonds. The van der Waals surface area contributed by atoms with E-state index in [2.05, 4.69) is 21.4 Å². The summed E-state index contributed by atoms with van der Waals surface area (Å²) in [5.41, 5.74) is 0. The van der Waals surface area contributed by atoms with Crippen LogP contribution in [-0.2, 0) is 0 Å². The first kappa shape index (κ1) is 11.6. The van der Waals surface area contributed by atoms with Crippen LogP contribution in [0.5, 0.6) is 0 Å². The molecule has 46 valence electrons. The fraction of sp³-hybridized carbons (Fsp3) is 1.00. The SMILES string of the molecule is ClC(Cl)Cl.ClSCl. The number of rotatable bonds is 0. The molecule has 0 radical (unpaired) electrons. The monoisotopic (exact) mass is 220 g/mol. The van der Waals surface area contributed by atoms with E-state index in [0.717, 1.165) is 0 Å². The number of alkyl halides is 3. The number of halogens is 5. The summed E-state index contributed by atoms with van der Waals surface area (Å²) in [5.74, 6) is 0. The molecule has 0 aliphatic rings. The molecule has 7 heavy (non-hydrogen) atoms. The van der Waals surface area contributed by atoms with Crippen LogP contribution in [0.15, 0.2) is 0 Å². The van der Waals surface area contributed by atoms with Crippen molar-refractivity contribution in [1.82, 2.24) is 0 Å². The minimum atomic E-state index is -0.750. The summed E-state index contributed by atoms with van der Waals surface area (Å²) in [4.78, 5) is 0. The number of hydrogen-bond donors (Lipinski definition) is 0. The molecule has 0 fully saturated rings. The molecule has 0 unspecified atom stereocenters. The third-order valence-electron chi connectivity index (χ3n) is 0. The van der Waals surface area contributed by atoms with Crippen molar-refractivity contribution in [3.8, 4) is 0 Å². The maximum Gasteiger partial charge on any atom is 0.180 e. The lowest BCUT2D eigenvalue weighted by molar-refractivity contribution is 1.96. The zero-order chi connectivity index (χ0) is 6.28. The molecule has 0 bridgehead atoms. The second kappa shape index (κ2) is 10.7. The van der Waals surface area contributed by atoms with Crippen LogP contribution in [0.4, 0.5) is 0 Å². The highest BCUT2D eigenvalue weighted by atomic mass is 36.0. The van der Waals surface area contributed by atoms with Gasteiger partial charge in [-0.25, -0.2) is 0 Å². The van der Waals surface area contributed by atoms with Crippen molar-refractivity contribution < 1.29 is 0 Å². The Morgan fingerprint density at radius 2 is 1.00 bits per heavy atom. The minimum absolute atomic E-state index is 0.694. The second-order valence-corrected chi connectivity index (χ2v) is 3.80. The van der Waals surface area contributed by atoms with Gasteiger partial charge >= 0.3 is 0 Å². The average Bonchev–Trinajstić information content (AvgIpc) is 1.33. The van der Waals surface area contributed by atoms with Crippen LogP contribution < -0.4 is 0 Å².